The molecule has 1 atom stereocenters. The van der Waals surface area contributed by atoms with Gasteiger partial charge < -0.3 is 9.47 Å². The predicted octanol–water partition coefficient (Wildman–Crippen LogP) is 3.56. The fourth-order valence-electron chi connectivity index (χ4n) is 1.69. The lowest BCUT2D eigenvalue weighted by Crippen LogP contribution is -2.09. The van der Waals surface area contributed by atoms with E-state index in [0.717, 1.165) is 29.2 Å². The van der Waals surface area contributed by atoms with Gasteiger partial charge in [0.1, 0.15) is 5.75 Å². The summed E-state index contributed by atoms with van der Waals surface area (Å²) < 4.78 is 11.3. The van der Waals surface area contributed by atoms with Crippen molar-refractivity contribution in [3.05, 3.63) is 29.8 Å². The molecule has 1 fully saturated rings. The molecule has 1 aliphatic rings. The molecule has 2 nitrogen and oxygen atoms in total. The molecule has 0 aliphatic heterocycles. The molecule has 16 heavy (non-hydrogen) atoms. The van der Waals surface area contributed by atoms with Crippen molar-refractivity contribution in [1.29, 1.82) is 0 Å². The van der Waals surface area contributed by atoms with Gasteiger partial charge in [-0.2, -0.15) is 0 Å². The normalized spacial score (nSPS) is 17.1. The highest BCUT2D eigenvalue weighted by molar-refractivity contribution is 9.09. The van der Waals surface area contributed by atoms with Crippen LogP contribution in [0, 0.1) is 5.92 Å². The van der Waals surface area contributed by atoms with Crippen molar-refractivity contribution in [3.63, 3.8) is 0 Å². The molecule has 0 saturated heterocycles. The fourth-order valence-corrected chi connectivity index (χ4v) is 2.22. The van der Waals surface area contributed by atoms with Gasteiger partial charge in [-0.3, -0.25) is 0 Å². The van der Waals surface area contributed by atoms with Gasteiger partial charge in [-0.1, -0.05) is 34.1 Å². The average Bonchev–Trinajstić information content (AvgIpc) is 3.14. The Balaban J connectivity index is 2.04. The molecule has 0 heterocycles. The van der Waals surface area contributed by atoms with Crippen LogP contribution in [0.2, 0.25) is 0 Å². The van der Waals surface area contributed by atoms with E-state index in [1.54, 1.807) is 7.11 Å². The Morgan fingerprint density at radius 3 is 2.75 bits per heavy atom. The summed E-state index contributed by atoms with van der Waals surface area (Å²) in [4.78, 5) is 0. The molecule has 88 valence electrons. The van der Waals surface area contributed by atoms with Crippen LogP contribution < -0.4 is 4.74 Å². The molecule has 0 radical (unpaired) electrons. The Morgan fingerprint density at radius 2 is 2.12 bits per heavy atom. The minimum Gasteiger partial charge on any atom is -0.496 e. The molecule has 0 aromatic heterocycles. The zero-order valence-electron chi connectivity index (χ0n) is 9.49. The topological polar surface area (TPSA) is 18.5 Å². The Labute approximate surface area is 105 Å². The number of para-hydroxylation sites is 1. The molecule has 1 unspecified atom stereocenters. The summed E-state index contributed by atoms with van der Waals surface area (Å²) in [6.45, 7) is 0.869. The van der Waals surface area contributed by atoms with E-state index in [1.165, 1.54) is 12.8 Å². The van der Waals surface area contributed by atoms with Crippen LogP contribution in [-0.4, -0.2) is 19.0 Å². The lowest BCUT2D eigenvalue weighted by Gasteiger charge is -2.18. The second-order valence-corrected chi connectivity index (χ2v) is 4.81. The van der Waals surface area contributed by atoms with Crippen LogP contribution in [0.5, 0.6) is 5.75 Å². The summed E-state index contributed by atoms with van der Waals surface area (Å²) in [5.74, 6) is 1.69. The third-order valence-electron chi connectivity index (χ3n) is 2.86. The molecule has 3 heteroatoms. The smallest absolute Gasteiger partial charge is 0.124 e. The molecule has 0 spiro atoms. The van der Waals surface area contributed by atoms with E-state index in [9.17, 15) is 0 Å². The van der Waals surface area contributed by atoms with Crippen LogP contribution in [0.1, 0.15) is 24.5 Å². The second kappa shape index (κ2) is 5.69. The standard InChI is InChI=1S/C13H17BrO2/c1-15-12-5-3-2-4-11(12)13(8-14)16-9-10-6-7-10/h2-5,10,13H,6-9H2,1H3. The number of alkyl halides is 1. The minimum absolute atomic E-state index is 0.0942. The van der Waals surface area contributed by atoms with Crippen LogP contribution >= 0.6 is 15.9 Å². The van der Waals surface area contributed by atoms with Crippen LogP contribution in [0.25, 0.3) is 0 Å². The third-order valence-corrected chi connectivity index (χ3v) is 3.44. The number of halogens is 1. The molecule has 1 saturated carbocycles. The number of hydrogen-bond donors (Lipinski definition) is 0. The quantitative estimate of drug-likeness (QED) is 0.744. The third kappa shape index (κ3) is 2.98. The van der Waals surface area contributed by atoms with E-state index in [4.69, 9.17) is 9.47 Å². The lowest BCUT2D eigenvalue weighted by atomic mass is 10.1. The summed E-state index contributed by atoms with van der Waals surface area (Å²) in [5, 5.41) is 0.806. The SMILES string of the molecule is COc1ccccc1C(CBr)OCC1CC1. The summed E-state index contributed by atoms with van der Waals surface area (Å²) in [6, 6.07) is 8.05. The number of benzene rings is 1. The maximum absolute atomic E-state index is 5.92. The molecular weight excluding hydrogens is 268 g/mol. The molecule has 0 bridgehead atoms. The predicted molar refractivity (Wildman–Crippen MR) is 68.2 cm³/mol. The van der Waals surface area contributed by atoms with Gasteiger partial charge in [0.2, 0.25) is 0 Å². The van der Waals surface area contributed by atoms with Gasteiger partial charge in [-0.05, 0) is 24.8 Å². The van der Waals surface area contributed by atoms with Gasteiger partial charge in [0.05, 0.1) is 19.8 Å². The summed E-state index contributed by atoms with van der Waals surface area (Å²) in [7, 11) is 1.70. The van der Waals surface area contributed by atoms with Crippen LogP contribution in [0.15, 0.2) is 24.3 Å². The zero-order valence-corrected chi connectivity index (χ0v) is 11.1. The Morgan fingerprint density at radius 1 is 1.38 bits per heavy atom. The highest BCUT2D eigenvalue weighted by Gasteiger charge is 2.24. The van der Waals surface area contributed by atoms with Crippen LogP contribution in [0.4, 0.5) is 0 Å². The number of ether oxygens (including phenoxy) is 2. The van der Waals surface area contributed by atoms with E-state index in [0.29, 0.717) is 0 Å². The molecule has 0 N–H and O–H groups in total. The van der Waals surface area contributed by atoms with Gasteiger partial charge in [0.15, 0.2) is 0 Å². The fraction of sp³-hybridized carbons (Fsp3) is 0.538. The largest absolute Gasteiger partial charge is 0.496 e. The maximum atomic E-state index is 5.92. The number of hydrogen-bond acceptors (Lipinski definition) is 2. The van der Waals surface area contributed by atoms with Gasteiger partial charge >= 0.3 is 0 Å². The number of rotatable bonds is 6. The number of methoxy groups -OCH3 is 1. The summed E-state index contributed by atoms with van der Waals surface area (Å²) in [6.07, 6.45) is 2.73. The zero-order chi connectivity index (χ0) is 11.4. The Bertz CT molecular complexity index is 336. The van der Waals surface area contributed by atoms with Gasteiger partial charge in [0, 0.05) is 10.9 Å². The van der Waals surface area contributed by atoms with E-state index in [-0.39, 0.29) is 6.10 Å². The highest BCUT2D eigenvalue weighted by Crippen LogP contribution is 2.33. The first-order valence-electron chi connectivity index (χ1n) is 5.65. The van der Waals surface area contributed by atoms with Crippen LogP contribution in [0.3, 0.4) is 0 Å². The Kier molecular flexibility index (Phi) is 4.24. The van der Waals surface area contributed by atoms with Crippen molar-refractivity contribution < 1.29 is 9.47 Å². The van der Waals surface area contributed by atoms with Crippen molar-refractivity contribution in [2.45, 2.75) is 18.9 Å². The average molecular weight is 285 g/mol. The monoisotopic (exact) mass is 284 g/mol. The van der Waals surface area contributed by atoms with E-state index >= 15 is 0 Å². The first-order valence-corrected chi connectivity index (χ1v) is 6.77. The van der Waals surface area contributed by atoms with Crippen molar-refractivity contribution in [2.24, 2.45) is 5.92 Å². The van der Waals surface area contributed by atoms with Crippen molar-refractivity contribution in [3.8, 4) is 5.75 Å². The van der Waals surface area contributed by atoms with Gasteiger partial charge in [-0.15, -0.1) is 0 Å². The minimum atomic E-state index is 0.0942. The van der Waals surface area contributed by atoms with E-state index < -0.39 is 0 Å². The Hall–Kier alpha value is -0.540. The second-order valence-electron chi connectivity index (χ2n) is 4.16. The first kappa shape index (κ1) is 11.9. The maximum Gasteiger partial charge on any atom is 0.124 e. The van der Waals surface area contributed by atoms with Crippen molar-refractivity contribution in [1.82, 2.24) is 0 Å². The lowest BCUT2D eigenvalue weighted by molar-refractivity contribution is 0.0602. The van der Waals surface area contributed by atoms with Gasteiger partial charge in [-0.25, -0.2) is 0 Å². The molecule has 0 amide bonds. The first-order chi connectivity index (χ1) is 7.85. The van der Waals surface area contributed by atoms with Gasteiger partial charge in [0.25, 0.3) is 0 Å². The van der Waals surface area contributed by atoms with Crippen LogP contribution in [-0.2, 0) is 4.74 Å². The van der Waals surface area contributed by atoms with E-state index in [1.807, 2.05) is 18.2 Å². The van der Waals surface area contributed by atoms with Crippen molar-refractivity contribution >= 4 is 15.9 Å². The van der Waals surface area contributed by atoms with E-state index in [2.05, 4.69) is 22.0 Å². The van der Waals surface area contributed by atoms with Crippen molar-refractivity contribution in [2.75, 3.05) is 19.0 Å². The molecule has 1 aromatic rings. The highest BCUT2D eigenvalue weighted by atomic mass is 79.9. The molecule has 1 aromatic carbocycles. The molecule has 1 aliphatic carbocycles. The summed E-state index contributed by atoms with van der Waals surface area (Å²) in [5.41, 5.74) is 1.13. The molecular formula is C13H17BrO2. The summed E-state index contributed by atoms with van der Waals surface area (Å²) >= 11 is 3.51. The molecule has 2 rings (SSSR count).